The van der Waals surface area contributed by atoms with Crippen LogP contribution in [0.2, 0.25) is 0 Å². The molecule has 0 amide bonds. The average molecular weight is 249 g/mol. The van der Waals surface area contributed by atoms with E-state index in [0.29, 0.717) is 24.3 Å². The van der Waals surface area contributed by atoms with Crippen molar-refractivity contribution in [2.24, 2.45) is 11.7 Å². The van der Waals surface area contributed by atoms with Gasteiger partial charge in [0.05, 0.1) is 5.69 Å². The van der Waals surface area contributed by atoms with Gasteiger partial charge in [0.2, 0.25) is 0 Å². The van der Waals surface area contributed by atoms with Crippen LogP contribution in [-0.2, 0) is 0 Å². The molecular formula is C15H27N3. The largest absolute Gasteiger partial charge is 0.346 e. The molecule has 0 aromatic carbocycles. The number of hydrogen-bond acceptors (Lipinski definition) is 2. The minimum atomic E-state index is 0.362. The SMILES string of the molecule is Cc1[nH]c(C(CN)C(C)C)nc1C1CCCCC1. The quantitative estimate of drug-likeness (QED) is 0.858. The molecule has 3 N–H and O–H groups in total. The van der Waals surface area contributed by atoms with Crippen molar-refractivity contribution in [2.75, 3.05) is 6.54 Å². The lowest BCUT2D eigenvalue weighted by Gasteiger charge is -2.20. The fraction of sp³-hybridized carbons (Fsp3) is 0.800. The molecule has 0 bridgehead atoms. The third kappa shape index (κ3) is 2.77. The summed E-state index contributed by atoms with van der Waals surface area (Å²) in [5.41, 5.74) is 8.45. The lowest BCUT2D eigenvalue weighted by Crippen LogP contribution is -2.19. The van der Waals surface area contributed by atoms with E-state index in [1.807, 2.05) is 0 Å². The summed E-state index contributed by atoms with van der Waals surface area (Å²) in [5.74, 6) is 2.68. The lowest BCUT2D eigenvalue weighted by molar-refractivity contribution is 0.434. The van der Waals surface area contributed by atoms with Gasteiger partial charge in [0.25, 0.3) is 0 Å². The highest BCUT2D eigenvalue weighted by atomic mass is 15.0. The van der Waals surface area contributed by atoms with E-state index < -0.39 is 0 Å². The van der Waals surface area contributed by atoms with Gasteiger partial charge in [-0.2, -0.15) is 0 Å². The van der Waals surface area contributed by atoms with E-state index >= 15 is 0 Å². The number of imidazole rings is 1. The van der Waals surface area contributed by atoms with Crippen molar-refractivity contribution in [2.45, 2.75) is 64.7 Å². The Hall–Kier alpha value is -0.830. The standard InChI is InChI=1S/C15H27N3/c1-10(2)13(9-16)15-17-11(3)14(18-15)12-7-5-4-6-8-12/h10,12-13H,4-9,16H2,1-3H3,(H,17,18). The molecule has 0 spiro atoms. The van der Waals surface area contributed by atoms with Gasteiger partial charge in [-0.05, 0) is 25.7 Å². The van der Waals surface area contributed by atoms with Crippen LogP contribution in [0, 0.1) is 12.8 Å². The summed E-state index contributed by atoms with van der Waals surface area (Å²) in [6.07, 6.45) is 6.72. The van der Waals surface area contributed by atoms with Crippen molar-refractivity contribution in [1.29, 1.82) is 0 Å². The van der Waals surface area contributed by atoms with E-state index in [2.05, 4.69) is 25.8 Å². The van der Waals surface area contributed by atoms with Gasteiger partial charge in [0, 0.05) is 24.1 Å². The fourth-order valence-electron chi connectivity index (χ4n) is 3.15. The van der Waals surface area contributed by atoms with E-state index in [1.165, 1.54) is 43.5 Å². The Kier molecular flexibility index (Phi) is 4.44. The molecule has 0 saturated heterocycles. The average Bonchev–Trinajstić information content (AvgIpc) is 2.73. The second kappa shape index (κ2) is 5.87. The van der Waals surface area contributed by atoms with Crippen LogP contribution in [0.3, 0.4) is 0 Å². The third-order valence-electron chi connectivity index (χ3n) is 4.34. The summed E-state index contributed by atoms with van der Waals surface area (Å²) < 4.78 is 0. The first-order valence-electron chi connectivity index (χ1n) is 7.40. The van der Waals surface area contributed by atoms with Gasteiger partial charge in [-0.3, -0.25) is 0 Å². The number of nitrogens with two attached hydrogens (primary N) is 1. The Morgan fingerprint density at radius 1 is 1.28 bits per heavy atom. The van der Waals surface area contributed by atoms with E-state index in [1.54, 1.807) is 0 Å². The summed E-state index contributed by atoms with van der Waals surface area (Å²) in [4.78, 5) is 8.37. The number of aromatic amines is 1. The number of rotatable bonds is 4. The lowest BCUT2D eigenvalue weighted by atomic mass is 9.86. The van der Waals surface area contributed by atoms with Crippen molar-refractivity contribution in [1.82, 2.24) is 9.97 Å². The molecule has 1 aliphatic carbocycles. The van der Waals surface area contributed by atoms with Gasteiger partial charge in [0.15, 0.2) is 0 Å². The van der Waals surface area contributed by atoms with Crippen LogP contribution in [0.25, 0.3) is 0 Å². The molecule has 1 aromatic rings. The fourth-order valence-corrected chi connectivity index (χ4v) is 3.15. The van der Waals surface area contributed by atoms with Crippen LogP contribution in [0.15, 0.2) is 0 Å². The van der Waals surface area contributed by atoms with Crippen molar-refractivity contribution in [3.8, 4) is 0 Å². The first-order valence-corrected chi connectivity index (χ1v) is 7.40. The molecule has 3 nitrogen and oxygen atoms in total. The minimum Gasteiger partial charge on any atom is -0.346 e. The first kappa shape index (κ1) is 13.6. The first-order chi connectivity index (χ1) is 8.63. The number of hydrogen-bond donors (Lipinski definition) is 2. The maximum atomic E-state index is 5.88. The Morgan fingerprint density at radius 2 is 1.94 bits per heavy atom. The molecule has 1 unspecified atom stereocenters. The van der Waals surface area contributed by atoms with E-state index in [9.17, 15) is 0 Å². The van der Waals surface area contributed by atoms with Crippen LogP contribution < -0.4 is 5.73 Å². The summed E-state index contributed by atoms with van der Waals surface area (Å²) in [6, 6.07) is 0. The molecule has 1 saturated carbocycles. The molecule has 102 valence electrons. The second-order valence-corrected chi connectivity index (χ2v) is 6.05. The van der Waals surface area contributed by atoms with Crippen LogP contribution in [0.5, 0.6) is 0 Å². The molecule has 3 heteroatoms. The predicted octanol–water partition coefficient (Wildman–Crippen LogP) is 3.46. The monoisotopic (exact) mass is 249 g/mol. The Labute approximate surface area is 111 Å². The maximum absolute atomic E-state index is 5.88. The molecule has 0 radical (unpaired) electrons. The van der Waals surface area contributed by atoms with E-state index in [0.717, 1.165) is 5.82 Å². The molecular weight excluding hydrogens is 222 g/mol. The number of aromatic nitrogens is 2. The summed E-state index contributed by atoms with van der Waals surface area (Å²) in [7, 11) is 0. The highest BCUT2D eigenvalue weighted by molar-refractivity contribution is 5.20. The topological polar surface area (TPSA) is 54.7 Å². The van der Waals surface area contributed by atoms with Gasteiger partial charge < -0.3 is 10.7 Å². The zero-order valence-electron chi connectivity index (χ0n) is 12.0. The van der Waals surface area contributed by atoms with Gasteiger partial charge in [-0.1, -0.05) is 33.1 Å². The van der Waals surface area contributed by atoms with E-state index in [-0.39, 0.29) is 0 Å². The number of nitrogens with zero attached hydrogens (tertiary/aromatic N) is 1. The predicted molar refractivity (Wildman–Crippen MR) is 75.8 cm³/mol. The molecule has 1 aromatic heterocycles. The molecule has 1 aliphatic rings. The number of nitrogens with one attached hydrogen (secondary N) is 1. The molecule has 1 fully saturated rings. The normalized spacial score (nSPS) is 19.4. The minimum absolute atomic E-state index is 0.362. The van der Waals surface area contributed by atoms with Crippen LogP contribution in [-0.4, -0.2) is 16.5 Å². The smallest absolute Gasteiger partial charge is 0.111 e. The van der Waals surface area contributed by atoms with Crippen molar-refractivity contribution in [3.05, 3.63) is 17.2 Å². The van der Waals surface area contributed by atoms with Crippen molar-refractivity contribution < 1.29 is 0 Å². The zero-order valence-corrected chi connectivity index (χ0v) is 12.0. The van der Waals surface area contributed by atoms with Crippen LogP contribution in [0.1, 0.15) is 75.0 Å². The van der Waals surface area contributed by atoms with Gasteiger partial charge in [0.1, 0.15) is 5.82 Å². The van der Waals surface area contributed by atoms with Gasteiger partial charge in [-0.15, -0.1) is 0 Å². The molecule has 1 heterocycles. The van der Waals surface area contributed by atoms with Crippen molar-refractivity contribution >= 4 is 0 Å². The zero-order chi connectivity index (χ0) is 13.1. The molecule has 18 heavy (non-hydrogen) atoms. The second-order valence-electron chi connectivity index (χ2n) is 6.05. The van der Waals surface area contributed by atoms with Gasteiger partial charge in [-0.25, -0.2) is 4.98 Å². The van der Waals surface area contributed by atoms with Crippen molar-refractivity contribution in [3.63, 3.8) is 0 Å². The van der Waals surface area contributed by atoms with Crippen LogP contribution in [0.4, 0.5) is 0 Å². The number of aryl methyl sites for hydroxylation is 1. The molecule has 1 atom stereocenters. The Bertz CT molecular complexity index is 375. The van der Waals surface area contributed by atoms with Crippen LogP contribution >= 0.6 is 0 Å². The Morgan fingerprint density at radius 3 is 2.50 bits per heavy atom. The summed E-state index contributed by atoms with van der Waals surface area (Å²) in [6.45, 7) is 7.27. The summed E-state index contributed by atoms with van der Waals surface area (Å²) >= 11 is 0. The Balaban J connectivity index is 2.20. The number of H-pyrrole nitrogens is 1. The van der Waals surface area contributed by atoms with Gasteiger partial charge >= 0.3 is 0 Å². The molecule has 2 rings (SSSR count). The molecule has 0 aliphatic heterocycles. The highest BCUT2D eigenvalue weighted by Crippen LogP contribution is 2.34. The summed E-state index contributed by atoms with van der Waals surface area (Å²) in [5, 5.41) is 0. The third-order valence-corrected chi connectivity index (χ3v) is 4.34. The highest BCUT2D eigenvalue weighted by Gasteiger charge is 2.24. The maximum Gasteiger partial charge on any atom is 0.111 e. The van der Waals surface area contributed by atoms with E-state index in [4.69, 9.17) is 10.7 Å².